The van der Waals surface area contributed by atoms with E-state index in [1.54, 1.807) is 6.08 Å². The summed E-state index contributed by atoms with van der Waals surface area (Å²) in [4.78, 5) is 0. The molecule has 0 N–H and O–H groups in total. The number of rotatable bonds is 0. The third kappa shape index (κ3) is 3.14. The summed E-state index contributed by atoms with van der Waals surface area (Å²) in [5.41, 5.74) is 0.921. The highest BCUT2D eigenvalue weighted by Crippen LogP contribution is 2.16. The Morgan fingerprint density at radius 3 is 2.62 bits per heavy atom. The molecule has 0 saturated carbocycles. The Balaban J connectivity index is 2.15. The van der Waals surface area contributed by atoms with E-state index in [0.717, 1.165) is 57.7 Å². The van der Waals surface area contributed by atoms with E-state index in [2.05, 4.69) is 4.58 Å². The van der Waals surface area contributed by atoms with Crippen molar-refractivity contribution in [1.82, 2.24) is 0 Å². The van der Waals surface area contributed by atoms with Gasteiger partial charge in [-0.3, -0.25) is 0 Å². The second-order valence-electron chi connectivity index (χ2n) is 4.55. The largest absolute Gasteiger partial charge is 0.368 e. The van der Waals surface area contributed by atoms with E-state index < -0.39 is 0 Å². The lowest BCUT2D eigenvalue weighted by Crippen LogP contribution is -2.33. The quantitative estimate of drug-likeness (QED) is 0.578. The molecule has 0 spiro atoms. The smallest absolute Gasteiger partial charge is 0.211 e. The van der Waals surface area contributed by atoms with E-state index >= 15 is 0 Å². The Morgan fingerprint density at radius 1 is 1.06 bits per heavy atom. The Morgan fingerprint density at radius 2 is 1.81 bits per heavy atom. The molecule has 0 aromatic carbocycles. The maximum Gasteiger partial charge on any atom is 0.211 e. The van der Waals surface area contributed by atoms with Crippen LogP contribution in [0, 0.1) is 0 Å². The van der Waals surface area contributed by atoms with Gasteiger partial charge in [0.1, 0.15) is 13.2 Å². The number of hydrogen-bond donors (Lipinski definition) is 0. The van der Waals surface area contributed by atoms with Crippen molar-refractivity contribution in [3.8, 4) is 0 Å². The Bertz CT molecular complexity index is 288. The van der Waals surface area contributed by atoms with Gasteiger partial charge in [-0.2, -0.15) is 0 Å². The molecule has 0 unspecified atom stereocenters. The van der Waals surface area contributed by atoms with Crippen molar-refractivity contribution in [2.75, 3.05) is 26.3 Å². The van der Waals surface area contributed by atoms with Crippen molar-refractivity contribution in [3.63, 3.8) is 0 Å². The maximum absolute atomic E-state index is 14.0. The van der Waals surface area contributed by atoms with Crippen molar-refractivity contribution in [3.05, 3.63) is 11.9 Å². The van der Waals surface area contributed by atoms with Crippen molar-refractivity contribution < 1.29 is 13.7 Å². The summed E-state index contributed by atoms with van der Waals surface area (Å²) in [5.74, 6) is 0.0174. The molecule has 0 aromatic rings. The molecule has 0 atom stereocenters. The van der Waals surface area contributed by atoms with E-state index in [1.807, 2.05) is 0 Å². The van der Waals surface area contributed by atoms with Gasteiger partial charge in [0.15, 0.2) is 18.9 Å². The van der Waals surface area contributed by atoms with Gasteiger partial charge in [0.2, 0.25) is 5.71 Å². The predicted molar refractivity (Wildman–Crippen MR) is 62.7 cm³/mol. The maximum atomic E-state index is 14.0. The number of ether oxygens (including phenoxy) is 1. The zero-order chi connectivity index (χ0) is 11.2. The first-order valence-corrected chi connectivity index (χ1v) is 6.42. The summed E-state index contributed by atoms with van der Waals surface area (Å²) in [6.07, 6.45) is 8.27. The molecule has 90 valence electrons. The fraction of sp³-hybridized carbons (Fsp3) is 0.769. The zero-order valence-corrected chi connectivity index (χ0v) is 9.88. The number of morpholine rings is 1. The molecule has 1 fully saturated rings. The third-order valence-corrected chi connectivity index (χ3v) is 3.36. The van der Waals surface area contributed by atoms with Crippen LogP contribution in [0.15, 0.2) is 11.9 Å². The van der Waals surface area contributed by atoms with Crippen LogP contribution in [0.3, 0.4) is 0 Å². The highest BCUT2D eigenvalue weighted by atomic mass is 19.1. The SMILES string of the molecule is F/C1=C/CCCCCCC1=[N+]1CCOCC1. The Hall–Kier alpha value is -0.700. The molecule has 3 heteroatoms. The number of hydrogen-bond acceptors (Lipinski definition) is 1. The van der Waals surface area contributed by atoms with Crippen LogP contribution in [0.5, 0.6) is 0 Å². The lowest BCUT2D eigenvalue weighted by Gasteiger charge is -2.14. The van der Waals surface area contributed by atoms with Gasteiger partial charge in [0.05, 0.1) is 0 Å². The fourth-order valence-electron chi connectivity index (χ4n) is 2.40. The summed E-state index contributed by atoms with van der Waals surface area (Å²) >= 11 is 0. The average molecular weight is 226 g/mol. The number of nitrogens with zero attached hydrogens (tertiary/aromatic N) is 1. The molecular formula is C13H21FNO+. The molecule has 0 radical (unpaired) electrons. The first-order chi connectivity index (χ1) is 7.88. The standard InChI is InChI=1S/C13H21FNO/c14-12-6-4-2-1-3-5-7-13(12)15-8-10-16-11-9-15/h6H,1-5,7-11H2/q+1/b12-6+. The Labute approximate surface area is 96.8 Å². The minimum Gasteiger partial charge on any atom is -0.368 e. The second kappa shape index (κ2) is 6.14. The monoisotopic (exact) mass is 226 g/mol. The molecule has 2 nitrogen and oxygen atoms in total. The van der Waals surface area contributed by atoms with Crippen LogP contribution in [0.1, 0.15) is 38.5 Å². The topological polar surface area (TPSA) is 12.2 Å². The van der Waals surface area contributed by atoms with Gasteiger partial charge < -0.3 is 4.74 Å². The molecule has 1 aliphatic heterocycles. The van der Waals surface area contributed by atoms with Gasteiger partial charge in [0.25, 0.3) is 0 Å². The lowest BCUT2D eigenvalue weighted by molar-refractivity contribution is -0.550. The van der Waals surface area contributed by atoms with Crippen LogP contribution in [0.4, 0.5) is 4.39 Å². The minimum absolute atomic E-state index is 0.0174. The molecule has 1 aliphatic carbocycles. The first kappa shape index (κ1) is 11.8. The van der Waals surface area contributed by atoms with E-state index in [9.17, 15) is 4.39 Å². The number of allylic oxidation sites excluding steroid dienone is 2. The van der Waals surface area contributed by atoms with Gasteiger partial charge in [-0.15, -0.1) is 0 Å². The number of halogens is 1. The van der Waals surface area contributed by atoms with Crippen molar-refractivity contribution in [1.29, 1.82) is 0 Å². The predicted octanol–water partition coefficient (Wildman–Crippen LogP) is 2.68. The van der Waals surface area contributed by atoms with Crippen LogP contribution in [-0.2, 0) is 4.74 Å². The van der Waals surface area contributed by atoms with Gasteiger partial charge in [-0.25, -0.2) is 8.97 Å². The molecule has 1 heterocycles. The lowest BCUT2D eigenvalue weighted by atomic mass is 10.1. The molecule has 1 saturated heterocycles. The molecule has 0 bridgehead atoms. The Kier molecular flexibility index (Phi) is 4.52. The summed E-state index contributed by atoms with van der Waals surface area (Å²) in [5, 5.41) is 0. The van der Waals surface area contributed by atoms with Crippen LogP contribution < -0.4 is 0 Å². The molecule has 16 heavy (non-hydrogen) atoms. The van der Waals surface area contributed by atoms with Crippen LogP contribution in [0.2, 0.25) is 0 Å². The van der Waals surface area contributed by atoms with Crippen molar-refractivity contribution in [2.24, 2.45) is 0 Å². The van der Waals surface area contributed by atoms with E-state index in [0.29, 0.717) is 0 Å². The van der Waals surface area contributed by atoms with E-state index in [1.165, 1.54) is 12.8 Å². The van der Waals surface area contributed by atoms with Crippen molar-refractivity contribution in [2.45, 2.75) is 38.5 Å². The van der Waals surface area contributed by atoms with Crippen LogP contribution >= 0.6 is 0 Å². The average Bonchev–Trinajstić information content (AvgIpc) is 2.43. The van der Waals surface area contributed by atoms with E-state index in [4.69, 9.17) is 4.74 Å². The summed E-state index contributed by atoms with van der Waals surface area (Å²) in [6.45, 7) is 3.15. The van der Waals surface area contributed by atoms with Gasteiger partial charge in [-0.05, 0) is 25.3 Å². The summed E-state index contributed by atoms with van der Waals surface area (Å²) < 4.78 is 21.5. The van der Waals surface area contributed by atoms with Gasteiger partial charge in [-0.1, -0.05) is 12.8 Å². The van der Waals surface area contributed by atoms with Gasteiger partial charge in [0, 0.05) is 6.42 Å². The fourth-order valence-corrected chi connectivity index (χ4v) is 2.40. The summed E-state index contributed by atoms with van der Waals surface area (Å²) in [7, 11) is 0. The molecule has 0 aromatic heterocycles. The molecule has 2 rings (SSSR count). The minimum atomic E-state index is 0.0174. The normalized spacial score (nSPS) is 27.7. The first-order valence-electron chi connectivity index (χ1n) is 6.42. The third-order valence-electron chi connectivity index (χ3n) is 3.36. The zero-order valence-electron chi connectivity index (χ0n) is 9.88. The molecule has 0 amide bonds. The van der Waals surface area contributed by atoms with Crippen molar-refractivity contribution >= 4 is 5.71 Å². The molecular weight excluding hydrogens is 205 g/mol. The van der Waals surface area contributed by atoms with Gasteiger partial charge >= 0.3 is 0 Å². The second-order valence-corrected chi connectivity index (χ2v) is 4.55. The highest BCUT2D eigenvalue weighted by Gasteiger charge is 2.22. The van der Waals surface area contributed by atoms with Crippen LogP contribution in [-0.4, -0.2) is 36.6 Å². The summed E-state index contributed by atoms with van der Waals surface area (Å²) in [6, 6.07) is 0. The molecule has 2 aliphatic rings. The highest BCUT2D eigenvalue weighted by molar-refractivity contribution is 5.94. The van der Waals surface area contributed by atoms with Crippen LogP contribution in [0.25, 0.3) is 0 Å². The van der Waals surface area contributed by atoms with E-state index in [-0.39, 0.29) is 5.83 Å².